The molecule has 6 heteroatoms. The average Bonchev–Trinajstić information content (AvgIpc) is 2.08. The molecule has 0 aliphatic carbocycles. The Labute approximate surface area is 115 Å². The third kappa shape index (κ3) is 11.4. The molecule has 0 heterocycles. The van der Waals surface area contributed by atoms with Crippen molar-refractivity contribution in [1.29, 1.82) is 0 Å². The highest BCUT2D eigenvalue weighted by atomic mass is 16.6. The number of alkyl carbamates (subject to hydrolysis) is 2. The summed E-state index contributed by atoms with van der Waals surface area (Å²) < 4.78 is 10.2. The topological polar surface area (TPSA) is 76.7 Å². The van der Waals surface area contributed by atoms with Gasteiger partial charge in [-0.15, -0.1) is 0 Å². The lowest BCUT2D eigenvalue weighted by atomic mass is 10.2. The van der Waals surface area contributed by atoms with Crippen molar-refractivity contribution >= 4 is 12.2 Å². The van der Waals surface area contributed by atoms with Crippen LogP contribution in [0.5, 0.6) is 0 Å². The molecular weight excluding hydrogens is 248 g/mol. The van der Waals surface area contributed by atoms with E-state index in [-0.39, 0.29) is 12.6 Å². The van der Waals surface area contributed by atoms with Crippen molar-refractivity contribution in [3.63, 3.8) is 0 Å². The van der Waals surface area contributed by atoms with Gasteiger partial charge in [0.2, 0.25) is 0 Å². The molecule has 0 aromatic rings. The van der Waals surface area contributed by atoms with Crippen LogP contribution in [-0.2, 0) is 9.47 Å². The predicted octanol–water partition coefficient (Wildman–Crippen LogP) is 2.42. The van der Waals surface area contributed by atoms with Crippen LogP contribution in [0.15, 0.2) is 0 Å². The number of hydrogen-bond acceptors (Lipinski definition) is 4. The van der Waals surface area contributed by atoms with Crippen molar-refractivity contribution in [2.75, 3.05) is 6.54 Å². The maximum absolute atomic E-state index is 11.5. The van der Waals surface area contributed by atoms with E-state index in [4.69, 9.17) is 9.47 Å². The molecule has 0 fully saturated rings. The van der Waals surface area contributed by atoms with E-state index in [9.17, 15) is 9.59 Å². The lowest BCUT2D eigenvalue weighted by molar-refractivity contribution is 0.0468. The van der Waals surface area contributed by atoms with Gasteiger partial charge in [-0.3, -0.25) is 0 Å². The molecule has 0 spiro atoms. The molecule has 112 valence electrons. The summed E-state index contributed by atoms with van der Waals surface area (Å²) in [6.45, 7) is 12.8. The van der Waals surface area contributed by atoms with Gasteiger partial charge in [0.05, 0.1) is 0 Å². The largest absolute Gasteiger partial charge is 0.444 e. The van der Waals surface area contributed by atoms with Crippen molar-refractivity contribution in [2.45, 2.75) is 65.7 Å². The summed E-state index contributed by atoms with van der Waals surface area (Å²) in [5, 5.41) is 5.20. The quantitative estimate of drug-likeness (QED) is 0.828. The smallest absolute Gasteiger partial charge is 0.407 e. The average molecular weight is 274 g/mol. The molecule has 0 aliphatic rings. The number of ether oxygens (including phenoxy) is 2. The minimum atomic E-state index is -0.539. The van der Waals surface area contributed by atoms with E-state index < -0.39 is 23.4 Å². The van der Waals surface area contributed by atoms with Gasteiger partial charge in [0.25, 0.3) is 0 Å². The maximum atomic E-state index is 11.5. The molecule has 2 N–H and O–H groups in total. The summed E-state index contributed by atoms with van der Waals surface area (Å²) in [6.07, 6.45) is -1.02. The van der Waals surface area contributed by atoms with E-state index in [0.29, 0.717) is 0 Å². The Hall–Kier alpha value is -1.46. The van der Waals surface area contributed by atoms with Gasteiger partial charge in [-0.25, -0.2) is 9.59 Å². The van der Waals surface area contributed by atoms with Crippen molar-refractivity contribution in [3.8, 4) is 0 Å². The van der Waals surface area contributed by atoms with Gasteiger partial charge in [-0.05, 0) is 48.5 Å². The van der Waals surface area contributed by atoms with Crippen molar-refractivity contribution < 1.29 is 19.1 Å². The third-order valence-corrected chi connectivity index (χ3v) is 1.71. The van der Waals surface area contributed by atoms with Gasteiger partial charge in [0.1, 0.15) is 11.2 Å². The molecule has 19 heavy (non-hydrogen) atoms. The first-order valence-corrected chi connectivity index (χ1v) is 6.35. The first kappa shape index (κ1) is 17.5. The van der Waals surface area contributed by atoms with Gasteiger partial charge in [-0.2, -0.15) is 0 Å². The zero-order chi connectivity index (χ0) is 15.3. The van der Waals surface area contributed by atoms with Crippen LogP contribution in [0.25, 0.3) is 0 Å². The van der Waals surface area contributed by atoms with Crippen molar-refractivity contribution in [3.05, 3.63) is 0 Å². The number of carbonyl (C=O) groups is 2. The van der Waals surface area contributed by atoms with E-state index in [1.807, 2.05) is 0 Å². The van der Waals surface area contributed by atoms with E-state index >= 15 is 0 Å². The number of amides is 2. The molecular formula is C13H26N2O4. The summed E-state index contributed by atoms with van der Waals surface area (Å²) in [4.78, 5) is 22.9. The van der Waals surface area contributed by atoms with E-state index in [0.717, 1.165) is 0 Å². The highest BCUT2D eigenvalue weighted by molar-refractivity contribution is 5.69. The Bertz CT molecular complexity index is 316. The minimum Gasteiger partial charge on any atom is -0.444 e. The zero-order valence-electron chi connectivity index (χ0n) is 12.9. The van der Waals surface area contributed by atoms with Gasteiger partial charge in [0, 0.05) is 12.6 Å². The van der Waals surface area contributed by atoms with Crippen LogP contribution in [0, 0.1) is 0 Å². The summed E-state index contributed by atoms with van der Waals surface area (Å²) in [6, 6.07) is -0.248. The molecule has 0 radical (unpaired) electrons. The highest BCUT2D eigenvalue weighted by Gasteiger charge is 2.19. The number of hydrogen-bond donors (Lipinski definition) is 2. The van der Waals surface area contributed by atoms with Crippen LogP contribution < -0.4 is 10.6 Å². The molecule has 2 amide bonds. The summed E-state index contributed by atoms with van der Waals surface area (Å²) >= 11 is 0. The van der Waals surface area contributed by atoms with Crippen LogP contribution in [-0.4, -0.2) is 36.0 Å². The molecule has 0 aromatic carbocycles. The van der Waals surface area contributed by atoms with E-state index in [1.165, 1.54) is 0 Å². The predicted molar refractivity (Wildman–Crippen MR) is 73.1 cm³/mol. The summed E-state index contributed by atoms with van der Waals surface area (Å²) in [7, 11) is 0. The van der Waals surface area contributed by atoms with Gasteiger partial charge >= 0.3 is 12.2 Å². The van der Waals surface area contributed by atoms with Crippen LogP contribution >= 0.6 is 0 Å². The first-order valence-electron chi connectivity index (χ1n) is 6.35. The molecule has 0 rings (SSSR count). The molecule has 0 aliphatic heterocycles. The fourth-order valence-electron chi connectivity index (χ4n) is 1.11. The fraction of sp³-hybridized carbons (Fsp3) is 0.846. The van der Waals surface area contributed by atoms with Crippen molar-refractivity contribution in [1.82, 2.24) is 10.6 Å². The Morgan fingerprint density at radius 1 is 0.947 bits per heavy atom. The van der Waals surface area contributed by atoms with E-state index in [1.54, 1.807) is 48.5 Å². The monoisotopic (exact) mass is 274 g/mol. The first-order chi connectivity index (χ1) is 8.39. The van der Waals surface area contributed by atoms with Crippen LogP contribution in [0.3, 0.4) is 0 Å². The minimum absolute atomic E-state index is 0.248. The Morgan fingerprint density at radius 3 is 1.79 bits per heavy atom. The van der Waals surface area contributed by atoms with Gasteiger partial charge in [-0.1, -0.05) is 0 Å². The van der Waals surface area contributed by atoms with Gasteiger partial charge in [0.15, 0.2) is 0 Å². The van der Waals surface area contributed by atoms with Gasteiger partial charge < -0.3 is 20.1 Å². The number of rotatable bonds is 3. The molecule has 1 atom stereocenters. The van der Waals surface area contributed by atoms with E-state index in [2.05, 4.69) is 10.6 Å². The number of carbonyl (C=O) groups excluding carboxylic acids is 2. The Balaban J connectivity index is 3.96. The Kier molecular flexibility index (Phi) is 6.12. The highest BCUT2D eigenvalue weighted by Crippen LogP contribution is 2.07. The second kappa shape index (κ2) is 6.63. The maximum Gasteiger partial charge on any atom is 0.407 e. The van der Waals surface area contributed by atoms with Crippen LogP contribution in [0.2, 0.25) is 0 Å². The molecule has 0 aromatic heterocycles. The van der Waals surface area contributed by atoms with Crippen molar-refractivity contribution in [2.24, 2.45) is 0 Å². The lowest BCUT2D eigenvalue weighted by Gasteiger charge is -2.23. The second-order valence-corrected chi connectivity index (χ2v) is 6.43. The SMILES string of the molecule is C[C@@H](CNC(=O)OC(C)(C)C)NC(=O)OC(C)(C)C. The fourth-order valence-corrected chi connectivity index (χ4v) is 1.11. The molecule has 0 saturated carbocycles. The number of nitrogens with one attached hydrogen (secondary N) is 2. The molecule has 0 bridgehead atoms. The molecule has 0 saturated heterocycles. The normalized spacial score (nSPS) is 13.4. The molecule has 0 unspecified atom stereocenters. The second-order valence-electron chi connectivity index (χ2n) is 6.43. The van der Waals surface area contributed by atoms with Crippen LogP contribution in [0.4, 0.5) is 9.59 Å². The third-order valence-electron chi connectivity index (χ3n) is 1.71. The lowest BCUT2D eigenvalue weighted by Crippen LogP contribution is -2.44. The Morgan fingerprint density at radius 2 is 1.37 bits per heavy atom. The standard InChI is InChI=1S/C13H26N2O4/c1-9(15-11(17)19-13(5,6)7)8-14-10(16)18-12(2,3)4/h9H,8H2,1-7H3,(H,14,16)(H,15,17)/t9-/m0/s1. The zero-order valence-corrected chi connectivity index (χ0v) is 12.9. The summed E-state index contributed by atoms with van der Waals surface area (Å²) in [5.41, 5.74) is -1.08. The summed E-state index contributed by atoms with van der Waals surface area (Å²) in [5.74, 6) is 0. The van der Waals surface area contributed by atoms with Crippen LogP contribution in [0.1, 0.15) is 48.5 Å². The molecule has 6 nitrogen and oxygen atoms in total.